The lowest BCUT2D eigenvalue weighted by atomic mass is 10.0. The molecule has 5 nitrogen and oxygen atoms in total. The first-order chi connectivity index (χ1) is 13.3. The van der Waals surface area contributed by atoms with E-state index in [9.17, 15) is 4.79 Å². The van der Waals surface area contributed by atoms with Gasteiger partial charge in [0.1, 0.15) is 0 Å². The Hall–Kier alpha value is -2.53. The van der Waals surface area contributed by atoms with Crippen LogP contribution in [0.1, 0.15) is 23.2 Å². The molecule has 2 aliphatic heterocycles. The molecule has 1 atom stereocenters. The van der Waals surface area contributed by atoms with Crippen molar-refractivity contribution in [1.82, 2.24) is 4.90 Å². The molecule has 1 N–H and O–H groups in total. The summed E-state index contributed by atoms with van der Waals surface area (Å²) in [4.78, 5) is 17.2. The van der Waals surface area contributed by atoms with Gasteiger partial charge < -0.3 is 19.9 Å². The van der Waals surface area contributed by atoms with Gasteiger partial charge in [-0.1, -0.05) is 18.2 Å². The van der Waals surface area contributed by atoms with Crippen LogP contribution in [0.4, 0.5) is 11.4 Å². The van der Waals surface area contributed by atoms with E-state index in [0.717, 1.165) is 69.2 Å². The third-order valence-corrected chi connectivity index (χ3v) is 5.34. The van der Waals surface area contributed by atoms with Crippen LogP contribution >= 0.6 is 0 Å². The molecule has 5 heteroatoms. The largest absolute Gasteiger partial charge is 0.381 e. The minimum atomic E-state index is 0.128. The highest BCUT2D eigenvalue weighted by Gasteiger charge is 2.24. The Bertz CT molecular complexity index is 742. The molecule has 0 bridgehead atoms. The zero-order valence-corrected chi connectivity index (χ0v) is 15.6. The molecule has 4 rings (SSSR count). The number of rotatable bonds is 4. The van der Waals surface area contributed by atoms with Gasteiger partial charge in [-0.3, -0.25) is 4.79 Å². The van der Waals surface area contributed by atoms with Crippen molar-refractivity contribution >= 4 is 17.3 Å². The summed E-state index contributed by atoms with van der Waals surface area (Å²) in [5.41, 5.74) is 3.05. The van der Waals surface area contributed by atoms with Crippen molar-refractivity contribution in [2.75, 3.05) is 49.6 Å². The van der Waals surface area contributed by atoms with Crippen LogP contribution in [-0.4, -0.2) is 56.2 Å². The van der Waals surface area contributed by atoms with Crippen LogP contribution < -0.4 is 10.2 Å². The lowest BCUT2D eigenvalue weighted by molar-refractivity contribution is 0.0715. The number of nitrogens with zero attached hydrogens (tertiary/aromatic N) is 2. The molecule has 2 aromatic carbocycles. The van der Waals surface area contributed by atoms with Crippen molar-refractivity contribution in [2.45, 2.75) is 18.9 Å². The van der Waals surface area contributed by atoms with E-state index >= 15 is 0 Å². The number of carbonyl (C=O) groups is 1. The molecule has 2 fully saturated rings. The van der Waals surface area contributed by atoms with Crippen LogP contribution in [-0.2, 0) is 4.74 Å². The quantitative estimate of drug-likeness (QED) is 0.903. The molecule has 2 heterocycles. The van der Waals surface area contributed by atoms with Crippen molar-refractivity contribution < 1.29 is 9.53 Å². The maximum absolute atomic E-state index is 12.9. The van der Waals surface area contributed by atoms with Gasteiger partial charge in [0.2, 0.25) is 0 Å². The Balaban J connectivity index is 1.38. The molecule has 2 saturated heterocycles. The van der Waals surface area contributed by atoms with Gasteiger partial charge in [-0.15, -0.1) is 0 Å². The number of hydrogen-bond donors (Lipinski definition) is 1. The van der Waals surface area contributed by atoms with E-state index in [1.165, 1.54) is 0 Å². The molecule has 27 heavy (non-hydrogen) atoms. The first-order valence-corrected chi connectivity index (χ1v) is 9.83. The van der Waals surface area contributed by atoms with Gasteiger partial charge in [0.25, 0.3) is 5.91 Å². The standard InChI is InChI=1S/C22H27N3O2/c26-22(18-8-10-21(11-9-18)24-13-15-27-16-14-24)25-12-4-7-20(17-25)23-19-5-2-1-3-6-19/h1-3,5-6,8-11,20,23H,4,7,12-17H2/t20-/m1/s1. The highest BCUT2D eigenvalue weighted by atomic mass is 16.5. The van der Waals surface area contributed by atoms with Gasteiger partial charge in [-0.2, -0.15) is 0 Å². The number of amides is 1. The highest BCUT2D eigenvalue weighted by molar-refractivity contribution is 5.94. The summed E-state index contributed by atoms with van der Waals surface area (Å²) >= 11 is 0. The molecule has 0 radical (unpaired) electrons. The van der Waals surface area contributed by atoms with E-state index in [-0.39, 0.29) is 5.91 Å². The molecular formula is C22H27N3O2. The summed E-state index contributed by atoms with van der Waals surface area (Å²) in [5, 5.41) is 3.56. The monoisotopic (exact) mass is 365 g/mol. The van der Waals surface area contributed by atoms with Crippen LogP contribution in [0.3, 0.4) is 0 Å². The topological polar surface area (TPSA) is 44.8 Å². The summed E-state index contributed by atoms with van der Waals surface area (Å²) in [5.74, 6) is 0.128. The maximum atomic E-state index is 12.9. The first-order valence-electron chi connectivity index (χ1n) is 9.83. The maximum Gasteiger partial charge on any atom is 0.253 e. The number of para-hydroxylation sites is 1. The van der Waals surface area contributed by atoms with E-state index in [2.05, 4.69) is 34.5 Å². The number of ether oxygens (including phenoxy) is 1. The van der Waals surface area contributed by atoms with E-state index in [0.29, 0.717) is 6.04 Å². The predicted molar refractivity (Wildman–Crippen MR) is 108 cm³/mol. The van der Waals surface area contributed by atoms with Crippen LogP contribution in [0.25, 0.3) is 0 Å². The first kappa shape index (κ1) is 17.9. The lowest BCUT2D eigenvalue weighted by Crippen LogP contribution is -2.45. The second kappa shape index (κ2) is 8.44. The van der Waals surface area contributed by atoms with Gasteiger partial charge in [0.15, 0.2) is 0 Å². The van der Waals surface area contributed by atoms with Crippen molar-refractivity contribution in [3.05, 3.63) is 60.2 Å². The van der Waals surface area contributed by atoms with Crippen LogP contribution in [0.5, 0.6) is 0 Å². The molecule has 0 saturated carbocycles. The molecule has 0 aliphatic carbocycles. The normalized spacial score (nSPS) is 20.4. The minimum Gasteiger partial charge on any atom is -0.381 e. The van der Waals surface area contributed by atoms with Gasteiger partial charge in [0.05, 0.1) is 13.2 Å². The van der Waals surface area contributed by atoms with Crippen LogP contribution in [0, 0.1) is 0 Å². The molecule has 2 aliphatic rings. The molecule has 0 aromatic heterocycles. The van der Waals surface area contributed by atoms with E-state index in [1.54, 1.807) is 0 Å². The van der Waals surface area contributed by atoms with Crippen LogP contribution in [0.15, 0.2) is 54.6 Å². The van der Waals surface area contributed by atoms with Crippen molar-refractivity contribution in [3.63, 3.8) is 0 Å². The summed E-state index contributed by atoms with van der Waals surface area (Å²) in [6.07, 6.45) is 2.12. The molecule has 1 amide bonds. The van der Waals surface area contributed by atoms with Crippen LogP contribution in [0.2, 0.25) is 0 Å². The number of piperidine rings is 1. The zero-order chi connectivity index (χ0) is 18.5. The SMILES string of the molecule is O=C(c1ccc(N2CCOCC2)cc1)N1CCC[C@@H](Nc2ccccc2)C1. The average Bonchev–Trinajstić information content (AvgIpc) is 2.75. The third kappa shape index (κ3) is 4.42. The zero-order valence-electron chi connectivity index (χ0n) is 15.6. The van der Waals surface area contributed by atoms with Crippen molar-refractivity contribution in [1.29, 1.82) is 0 Å². The molecular weight excluding hydrogens is 338 g/mol. The van der Waals surface area contributed by atoms with E-state index < -0.39 is 0 Å². The Labute approximate surface area is 160 Å². The Kier molecular flexibility index (Phi) is 5.58. The second-order valence-electron chi connectivity index (χ2n) is 7.25. The number of morpholine rings is 1. The van der Waals surface area contributed by atoms with Gasteiger partial charge >= 0.3 is 0 Å². The van der Waals surface area contributed by atoms with Gasteiger partial charge in [-0.25, -0.2) is 0 Å². The number of nitrogens with one attached hydrogen (secondary N) is 1. The second-order valence-corrected chi connectivity index (χ2v) is 7.25. The fourth-order valence-corrected chi connectivity index (χ4v) is 3.87. The van der Waals surface area contributed by atoms with Crippen molar-refractivity contribution in [3.8, 4) is 0 Å². The summed E-state index contributed by atoms with van der Waals surface area (Å²) in [6, 6.07) is 18.6. The lowest BCUT2D eigenvalue weighted by Gasteiger charge is -2.34. The Morgan fingerprint density at radius 1 is 0.963 bits per heavy atom. The van der Waals surface area contributed by atoms with Gasteiger partial charge in [0, 0.05) is 49.2 Å². The van der Waals surface area contributed by atoms with E-state index in [4.69, 9.17) is 4.74 Å². The molecule has 0 unspecified atom stereocenters. The highest BCUT2D eigenvalue weighted by Crippen LogP contribution is 2.20. The number of likely N-dealkylation sites (tertiary alicyclic amines) is 1. The summed E-state index contributed by atoms with van der Waals surface area (Å²) in [6.45, 7) is 4.93. The number of carbonyl (C=O) groups excluding carboxylic acids is 1. The fraction of sp³-hybridized carbons (Fsp3) is 0.409. The number of benzene rings is 2. The number of hydrogen-bond acceptors (Lipinski definition) is 4. The fourth-order valence-electron chi connectivity index (χ4n) is 3.87. The van der Waals surface area contributed by atoms with Gasteiger partial charge in [-0.05, 0) is 49.2 Å². The average molecular weight is 365 g/mol. The Morgan fingerprint density at radius 2 is 1.70 bits per heavy atom. The van der Waals surface area contributed by atoms with E-state index in [1.807, 2.05) is 35.2 Å². The summed E-state index contributed by atoms with van der Waals surface area (Å²) in [7, 11) is 0. The molecule has 0 spiro atoms. The minimum absolute atomic E-state index is 0.128. The smallest absolute Gasteiger partial charge is 0.253 e. The predicted octanol–water partition coefficient (Wildman–Crippen LogP) is 3.24. The molecule has 142 valence electrons. The molecule has 2 aromatic rings. The summed E-state index contributed by atoms with van der Waals surface area (Å²) < 4.78 is 5.41. The third-order valence-electron chi connectivity index (χ3n) is 5.34. The van der Waals surface area contributed by atoms with Crippen molar-refractivity contribution in [2.24, 2.45) is 0 Å². The number of anilines is 2. The Morgan fingerprint density at radius 3 is 2.44 bits per heavy atom.